The minimum atomic E-state index is -1.25. The summed E-state index contributed by atoms with van der Waals surface area (Å²) >= 11 is 12.7. The summed E-state index contributed by atoms with van der Waals surface area (Å²) in [7, 11) is 1.26. The lowest BCUT2D eigenvalue weighted by molar-refractivity contribution is -0.144. The van der Waals surface area contributed by atoms with Crippen LogP contribution in [0.3, 0.4) is 0 Å². The predicted molar refractivity (Wildman–Crippen MR) is 122 cm³/mol. The number of carbonyl (C=O) groups is 2. The molecule has 0 bridgehead atoms. The number of nitrogens with two attached hydrogens (primary N) is 1. The van der Waals surface area contributed by atoms with Gasteiger partial charge >= 0.3 is 11.9 Å². The highest BCUT2D eigenvalue weighted by atomic mass is 35.5. The number of ether oxygens (including phenoxy) is 3. The van der Waals surface area contributed by atoms with Crippen LogP contribution >= 0.6 is 23.2 Å². The van der Waals surface area contributed by atoms with Gasteiger partial charge in [-0.05, 0) is 32.4 Å². The topological polar surface area (TPSA) is 120 Å². The van der Waals surface area contributed by atoms with E-state index in [0.717, 1.165) is 0 Å². The maximum absolute atomic E-state index is 13.1. The van der Waals surface area contributed by atoms with Gasteiger partial charge in [-0.15, -0.1) is 0 Å². The molecule has 1 aromatic carbocycles. The summed E-state index contributed by atoms with van der Waals surface area (Å²) in [5.41, 5.74) is 5.53. The molecule has 10 heteroatoms. The molecule has 0 aliphatic carbocycles. The second-order valence-corrected chi connectivity index (χ2v) is 8.43. The third-order valence-corrected chi connectivity index (χ3v) is 5.91. The SMILES string of the molecule is CCOC(=O)C1=C(COCC(C)(O)CN)N=C(C)C(C(=O)OC)C1c1cccc(Cl)c1Cl. The quantitative estimate of drug-likeness (QED) is 0.514. The Hall–Kier alpha value is -1.97. The summed E-state index contributed by atoms with van der Waals surface area (Å²) in [6.45, 7) is 4.76. The second kappa shape index (κ2) is 11.2. The van der Waals surface area contributed by atoms with Gasteiger partial charge in [-0.1, -0.05) is 35.3 Å². The third kappa shape index (κ3) is 5.88. The van der Waals surface area contributed by atoms with Crippen LogP contribution in [0.5, 0.6) is 0 Å². The lowest BCUT2D eigenvalue weighted by Crippen LogP contribution is -2.40. The molecule has 0 aromatic heterocycles. The van der Waals surface area contributed by atoms with E-state index in [-0.39, 0.29) is 47.7 Å². The number of aliphatic hydroxyl groups is 1. The summed E-state index contributed by atoms with van der Waals surface area (Å²) in [6, 6.07) is 4.97. The Morgan fingerprint density at radius 1 is 1.31 bits per heavy atom. The number of methoxy groups -OCH3 is 1. The van der Waals surface area contributed by atoms with Crippen LogP contribution in [0.25, 0.3) is 0 Å². The molecule has 0 amide bonds. The van der Waals surface area contributed by atoms with Crippen LogP contribution in [-0.2, 0) is 23.8 Å². The number of esters is 2. The molecule has 0 fully saturated rings. The molecule has 3 unspecified atom stereocenters. The summed E-state index contributed by atoms with van der Waals surface area (Å²) < 4.78 is 15.9. The van der Waals surface area contributed by atoms with Crippen LogP contribution in [0.15, 0.2) is 34.5 Å². The Balaban J connectivity index is 2.66. The molecule has 1 aliphatic rings. The highest BCUT2D eigenvalue weighted by Crippen LogP contribution is 2.44. The number of benzene rings is 1. The van der Waals surface area contributed by atoms with Crippen molar-refractivity contribution in [1.82, 2.24) is 0 Å². The van der Waals surface area contributed by atoms with Crippen molar-refractivity contribution in [1.29, 1.82) is 0 Å². The van der Waals surface area contributed by atoms with Gasteiger partial charge in [0.1, 0.15) is 5.92 Å². The number of carbonyl (C=O) groups excluding carboxylic acids is 2. The Kier molecular flexibility index (Phi) is 9.24. The molecule has 32 heavy (non-hydrogen) atoms. The fourth-order valence-electron chi connectivity index (χ4n) is 3.45. The first-order valence-corrected chi connectivity index (χ1v) is 10.8. The number of hydrogen-bond donors (Lipinski definition) is 2. The molecule has 1 aliphatic heterocycles. The average Bonchev–Trinajstić information content (AvgIpc) is 2.74. The van der Waals surface area contributed by atoms with Crippen LogP contribution in [0.4, 0.5) is 0 Å². The molecule has 3 N–H and O–H groups in total. The summed E-state index contributed by atoms with van der Waals surface area (Å²) in [5.74, 6) is -3.03. The number of rotatable bonds is 9. The van der Waals surface area contributed by atoms with Crippen LogP contribution in [0.2, 0.25) is 10.0 Å². The molecule has 176 valence electrons. The number of nitrogens with zero attached hydrogens (tertiary/aromatic N) is 1. The smallest absolute Gasteiger partial charge is 0.336 e. The fourth-order valence-corrected chi connectivity index (χ4v) is 3.87. The van der Waals surface area contributed by atoms with E-state index in [1.54, 1.807) is 32.0 Å². The summed E-state index contributed by atoms with van der Waals surface area (Å²) in [4.78, 5) is 30.3. The van der Waals surface area contributed by atoms with E-state index in [2.05, 4.69) is 4.99 Å². The fraction of sp³-hybridized carbons (Fsp3) is 0.500. The van der Waals surface area contributed by atoms with Crippen molar-refractivity contribution >= 4 is 40.9 Å². The second-order valence-electron chi connectivity index (χ2n) is 7.65. The summed E-state index contributed by atoms with van der Waals surface area (Å²) in [5, 5.41) is 10.6. The van der Waals surface area contributed by atoms with Gasteiger partial charge in [-0.2, -0.15) is 0 Å². The van der Waals surface area contributed by atoms with Gasteiger partial charge in [-0.3, -0.25) is 9.79 Å². The van der Waals surface area contributed by atoms with E-state index in [1.165, 1.54) is 14.0 Å². The van der Waals surface area contributed by atoms with Crippen molar-refractivity contribution < 1.29 is 28.9 Å². The third-order valence-electron chi connectivity index (χ3n) is 5.08. The molecular weight excluding hydrogens is 459 g/mol. The van der Waals surface area contributed by atoms with Crippen molar-refractivity contribution in [2.75, 3.05) is 33.5 Å². The molecule has 8 nitrogen and oxygen atoms in total. The standard InChI is InChI=1S/C22H28Cl2N2O6/c1-5-32-21(28)18-15(9-31-11-22(3,29)10-25)26-12(2)16(20(27)30-4)17(18)13-7-6-8-14(23)19(13)24/h6-8,16-17,29H,5,9-11,25H2,1-4H3. The van der Waals surface area contributed by atoms with E-state index < -0.39 is 29.4 Å². The van der Waals surface area contributed by atoms with E-state index in [0.29, 0.717) is 11.3 Å². The average molecular weight is 487 g/mol. The maximum Gasteiger partial charge on any atom is 0.336 e. The van der Waals surface area contributed by atoms with E-state index >= 15 is 0 Å². The maximum atomic E-state index is 13.1. The molecule has 3 atom stereocenters. The summed E-state index contributed by atoms with van der Waals surface area (Å²) in [6.07, 6.45) is 0. The van der Waals surface area contributed by atoms with Gasteiger partial charge in [-0.25, -0.2) is 4.79 Å². The Labute approximate surface area is 197 Å². The first-order valence-electron chi connectivity index (χ1n) is 10.0. The lowest BCUT2D eigenvalue weighted by Gasteiger charge is -2.32. The first kappa shape index (κ1) is 26.3. The number of aliphatic imine (C=N–C) groups is 1. The monoisotopic (exact) mass is 486 g/mol. The largest absolute Gasteiger partial charge is 0.468 e. The van der Waals surface area contributed by atoms with Gasteiger partial charge in [0.15, 0.2) is 0 Å². The molecular formula is C22H28Cl2N2O6. The Bertz CT molecular complexity index is 929. The molecule has 0 saturated carbocycles. The van der Waals surface area contributed by atoms with Crippen molar-refractivity contribution in [2.45, 2.75) is 32.3 Å². The van der Waals surface area contributed by atoms with Gasteiger partial charge in [0.2, 0.25) is 0 Å². The van der Waals surface area contributed by atoms with E-state index in [1.807, 2.05) is 0 Å². The molecule has 1 heterocycles. The molecule has 0 saturated heterocycles. The minimum absolute atomic E-state index is 0.00968. The first-order chi connectivity index (χ1) is 15.1. The van der Waals surface area contributed by atoms with Crippen molar-refractivity contribution in [3.8, 4) is 0 Å². The zero-order valence-electron chi connectivity index (χ0n) is 18.5. The highest BCUT2D eigenvalue weighted by Gasteiger charge is 2.44. The van der Waals surface area contributed by atoms with Crippen LogP contribution in [0, 0.1) is 5.92 Å². The highest BCUT2D eigenvalue weighted by molar-refractivity contribution is 6.42. The Morgan fingerprint density at radius 3 is 2.59 bits per heavy atom. The molecule has 0 radical (unpaired) electrons. The lowest BCUT2D eigenvalue weighted by atomic mass is 9.75. The van der Waals surface area contributed by atoms with Crippen molar-refractivity contribution in [2.24, 2.45) is 16.6 Å². The molecule has 2 rings (SSSR count). The van der Waals surface area contributed by atoms with Gasteiger partial charge in [0, 0.05) is 18.2 Å². The van der Waals surface area contributed by atoms with E-state index in [4.69, 9.17) is 43.1 Å². The van der Waals surface area contributed by atoms with Gasteiger partial charge in [0.25, 0.3) is 0 Å². The minimum Gasteiger partial charge on any atom is -0.468 e. The molecule has 1 aromatic rings. The normalized spacial score (nSPS) is 20.4. The van der Waals surface area contributed by atoms with Crippen molar-refractivity contribution in [3.63, 3.8) is 0 Å². The molecule has 0 spiro atoms. The van der Waals surface area contributed by atoms with Gasteiger partial charge < -0.3 is 25.1 Å². The van der Waals surface area contributed by atoms with Crippen LogP contribution < -0.4 is 5.73 Å². The van der Waals surface area contributed by atoms with Gasteiger partial charge in [0.05, 0.1) is 53.8 Å². The van der Waals surface area contributed by atoms with Crippen LogP contribution in [-0.4, -0.2) is 61.8 Å². The van der Waals surface area contributed by atoms with E-state index in [9.17, 15) is 14.7 Å². The predicted octanol–water partition coefficient (Wildman–Crippen LogP) is 2.88. The van der Waals surface area contributed by atoms with Crippen LogP contribution in [0.1, 0.15) is 32.3 Å². The number of halogens is 2. The van der Waals surface area contributed by atoms with Crippen molar-refractivity contribution in [3.05, 3.63) is 45.1 Å². The zero-order chi connectivity index (χ0) is 24.1. The zero-order valence-corrected chi connectivity index (χ0v) is 20.0. The number of hydrogen-bond acceptors (Lipinski definition) is 8. The Morgan fingerprint density at radius 2 is 2.00 bits per heavy atom.